The molecule has 3 N–H and O–H groups in total. The summed E-state index contributed by atoms with van der Waals surface area (Å²) in [6.07, 6.45) is 4.40. The maximum absolute atomic E-state index is 13.4. The molecule has 0 radical (unpaired) electrons. The average Bonchev–Trinajstić information content (AvgIpc) is 3.20. The zero-order valence-electron chi connectivity index (χ0n) is 16.6. The number of aliphatic hydroxyl groups excluding tert-OH is 1. The lowest BCUT2D eigenvalue weighted by molar-refractivity contribution is -0.0907. The second-order valence-electron chi connectivity index (χ2n) is 7.23. The highest BCUT2D eigenvalue weighted by Crippen LogP contribution is 2.23. The van der Waals surface area contributed by atoms with E-state index in [1.165, 1.54) is 12.1 Å². The smallest absolute Gasteiger partial charge is 0.315 e. The molecule has 2 amide bonds. The largest absolute Gasteiger partial charge is 0.394 e. The standard InChI is InChI=1S/C20H28FN5O3/c1-2-9-22-20(28)23-17-7-6-16(29-19(17)13-27)8-10-26-12-18(24-25-26)14-4-3-5-15(21)11-14/h3-5,11-12,16-17,19,27H,2,6-10,13H2,1H3,(H2,22,23,28)/t16-,17+,19-/m1/s1. The topological polar surface area (TPSA) is 101 Å². The summed E-state index contributed by atoms with van der Waals surface area (Å²) in [6, 6.07) is 5.80. The van der Waals surface area contributed by atoms with E-state index in [4.69, 9.17) is 4.74 Å². The molecule has 29 heavy (non-hydrogen) atoms. The van der Waals surface area contributed by atoms with Crippen molar-refractivity contribution in [1.82, 2.24) is 25.6 Å². The number of hydrogen-bond donors (Lipinski definition) is 3. The molecule has 2 aromatic rings. The van der Waals surface area contributed by atoms with Gasteiger partial charge < -0.3 is 20.5 Å². The minimum absolute atomic E-state index is 0.0364. The molecule has 0 bridgehead atoms. The Balaban J connectivity index is 1.49. The van der Waals surface area contributed by atoms with Gasteiger partial charge in [0, 0.05) is 18.7 Å². The number of benzene rings is 1. The monoisotopic (exact) mass is 405 g/mol. The lowest BCUT2D eigenvalue weighted by atomic mass is 9.97. The van der Waals surface area contributed by atoms with Crippen LogP contribution in [-0.4, -0.2) is 57.5 Å². The number of carbonyl (C=O) groups is 1. The maximum atomic E-state index is 13.4. The third-order valence-electron chi connectivity index (χ3n) is 4.99. The van der Waals surface area contributed by atoms with Crippen LogP contribution in [0.25, 0.3) is 11.3 Å². The van der Waals surface area contributed by atoms with Gasteiger partial charge in [-0.05, 0) is 37.8 Å². The summed E-state index contributed by atoms with van der Waals surface area (Å²) in [7, 11) is 0. The van der Waals surface area contributed by atoms with Crippen LogP contribution in [0.4, 0.5) is 9.18 Å². The summed E-state index contributed by atoms with van der Waals surface area (Å²) in [6.45, 7) is 3.05. The van der Waals surface area contributed by atoms with Crippen LogP contribution in [0.5, 0.6) is 0 Å². The highest BCUT2D eigenvalue weighted by molar-refractivity contribution is 5.74. The zero-order valence-corrected chi connectivity index (χ0v) is 16.6. The first-order valence-corrected chi connectivity index (χ1v) is 10.1. The molecule has 158 valence electrons. The molecule has 0 aliphatic carbocycles. The maximum Gasteiger partial charge on any atom is 0.315 e. The van der Waals surface area contributed by atoms with E-state index in [1.807, 2.05) is 6.92 Å². The number of nitrogens with zero attached hydrogens (tertiary/aromatic N) is 3. The Morgan fingerprint density at radius 1 is 1.41 bits per heavy atom. The molecule has 1 saturated heterocycles. The minimum atomic E-state index is -0.431. The zero-order chi connectivity index (χ0) is 20.6. The van der Waals surface area contributed by atoms with Gasteiger partial charge in [-0.25, -0.2) is 9.18 Å². The molecule has 9 heteroatoms. The highest BCUT2D eigenvalue weighted by atomic mass is 19.1. The number of aliphatic hydroxyl groups is 1. The quantitative estimate of drug-likeness (QED) is 0.624. The molecule has 0 saturated carbocycles. The normalized spacial score (nSPS) is 21.7. The number of carbonyl (C=O) groups excluding carboxylic acids is 1. The third-order valence-corrected chi connectivity index (χ3v) is 4.99. The SMILES string of the molecule is CCCNC(=O)N[C@H]1CC[C@H](CCn2cc(-c3cccc(F)c3)nn2)O[C@@H]1CO. The molecular weight excluding hydrogens is 377 g/mol. The van der Waals surface area contributed by atoms with Crippen LogP contribution in [0.2, 0.25) is 0 Å². The Bertz CT molecular complexity index is 800. The second-order valence-corrected chi connectivity index (χ2v) is 7.23. The molecule has 1 fully saturated rings. The molecule has 0 spiro atoms. The van der Waals surface area contributed by atoms with Crippen molar-refractivity contribution in [2.24, 2.45) is 0 Å². The van der Waals surface area contributed by atoms with Crippen LogP contribution in [0.1, 0.15) is 32.6 Å². The van der Waals surface area contributed by atoms with E-state index < -0.39 is 6.10 Å². The molecule has 0 unspecified atom stereocenters. The number of aryl methyl sites for hydroxylation is 1. The van der Waals surface area contributed by atoms with E-state index in [2.05, 4.69) is 20.9 Å². The van der Waals surface area contributed by atoms with Crippen LogP contribution in [-0.2, 0) is 11.3 Å². The molecule has 8 nitrogen and oxygen atoms in total. The van der Waals surface area contributed by atoms with Gasteiger partial charge in [0.25, 0.3) is 0 Å². The van der Waals surface area contributed by atoms with E-state index in [0.29, 0.717) is 30.8 Å². The van der Waals surface area contributed by atoms with Crippen molar-refractivity contribution in [1.29, 1.82) is 0 Å². The number of nitrogens with one attached hydrogen (secondary N) is 2. The first kappa shape index (κ1) is 21.2. The van der Waals surface area contributed by atoms with E-state index >= 15 is 0 Å². The first-order chi connectivity index (χ1) is 14.1. The number of urea groups is 1. The first-order valence-electron chi connectivity index (χ1n) is 10.1. The van der Waals surface area contributed by atoms with Crippen molar-refractivity contribution in [3.8, 4) is 11.3 Å². The summed E-state index contributed by atoms with van der Waals surface area (Å²) in [5, 5.41) is 23.5. The van der Waals surface area contributed by atoms with Gasteiger partial charge in [-0.15, -0.1) is 5.10 Å². The fourth-order valence-corrected chi connectivity index (χ4v) is 3.43. The Kier molecular flexibility index (Phi) is 7.54. The number of amides is 2. The molecule has 1 aliphatic rings. The Morgan fingerprint density at radius 3 is 3.03 bits per heavy atom. The fraction of sp³-hybridized carbons (Fsp3) is 0.550. The predicted molar refractivity (Wildman–Crippen MR) is 106 cm³/mol. The van der Waals surface area contributed by atoms with Crippen molar-refractivity contribution in [2.45, 2.75) is 57.4 Å². The molecule has 1 aromatic carbocycles. The Labute approximate surface area is 169 Å². The van der Waals surface area contributed by atoms with Crippen LogP contribution in [0, 0.1) is 5.82 Å². The summed E-state index contributed by atoms with van der Waals surface area (Å²) in [5.41, 5.74) is 1.30. The second kappa shape index (κ2) is 10.3. The number of aromatic nitrogens is 3. The van der Waals surface area contributed by atoms with E-state index in [1.54, 1.807) is 23.0 Å². The van der Waals surface area contributed by atoms with E-state index in [-0.39, 0.29) is 30.6 Å². The molecule has 3 rings (SSSR count). The summed E-state index contributed by atoms with van der Waals surface area (Å²) >= 11 is 0. The van der Waals surface area contributed by atoms with Crippen molar-refractivity contribution in [3.05, 3.63) is 36.3 Å². The van der Waals surface area contributed by atoms with Crippen molar-refractivity contribution >= 4 is 6.03 Å². The van der Waals surface area contributed by atoms with Gasteiger partial charge in [0.15, 0.2) is 0 Å². The van der Waals surface area contributed by atoms with Gasteiger partial charge in [-0.2, -0.15) is 0 Å². The number of rotatable bonds is 8. The van der Waals surface area contributed by atoms with Crippen LogP contribution in [0.3, 0.4) is 0 Å². The van der Waals surface area contributed by atoms with Crippen molar-refractivity contribution < 1.29 is 19.0 Å². The van der Waals surface area contributed by atoms with Crippen LogP contribution < -0.4 is 10.6 Å². The lowest BCUT2D eigenvalue weighted by Crippen LogP contribution is -2.53. The van der Waals surface area contributed by atoms with Gasteiger partial charge in [0.1, 0.15) is 17.6 Å². The third kappa shape index (κ3) is 5.98. The molecule has 2 heterocycles. The van der Waals surface area contributed by atoms with Gasteiger partial charge in [-0.3, -0.25) is 4.68 Å². The lowest BCUT2D eigenvalue weighted by Gasteiger charge is -2.36. The van der Waals surface area contributed by atoms with Gasteiger partial charge in [0.2, 0.25) is 0 Å². The number of halogens is 1. The molecule has 3 atom stereocenters. The van der Waals surface area contributed by atoms with Crippen molar-refractivity contribution in [2.75, 3.05) is 13.2 Å². The van der Waals surface area contributed by atoms with Gasteiger partial charge in [0.05, 0.1) is 24.9 Å². The van der Waals surface area contributed by atoms with Crippen LogP contribution >= 0.6 is 0 Å². The highest BCUT2D eigenvalue weighted by Gasteiger charge is 2.31. The molecule has 1 aromatic heterocycles. The number of ether oxygens (including phenoxy) is 1. The van der Waals surface area contributed by atoms with Gasteiger partial charge in [-0.1, -0.05) is 24.3 Å². The summed E-state index contributed by atoms with van der Waals surface area (Å²) in [5.74, 6) is -0.311. The van der Waals surface area contributed by atoms with Crippen molar-refractivity contribution in [3.63, 3.8) is 0 Å². The summed E-state index contributed by atoms with van der Waals surface area (Å²) < 4.78 is 21.1. The predicted octanol–water partition coefficient (Wildman–Crippen LogP) is 2.09. The number of hydrogen-bond acceptors (Lipinski definition) is 5. The molecular formula is C20H28FN5O3. The summed E-state index contributed by atoms with van der Waals surface area (Å²) in [4.78, 5) is 11.9. The van der Waals surface area contributed by atoms with E-state index in [9.17, 15) is 14.3 Å². The Hall–Kier alpha value is -2.52. The fourth-order valence-electron chi connectivity index (χ4n) is 3.43. The van der Waals surface area contributed by atoms with Crippen LogP contribution in [0.15, 0.2) is 30.5 Å². The van der Waals surface area contributed by atoms with E-state index in [0.717, 1.165) is 19.3 Å². The van der Waals surface area contributed by atoms with Gasteiger partial charge >= 0.3 is 6.03 Å². The minimum Gasteiger partial charge on any atom is -0.394 e. The Morgan fingerprint density at radius 2 is 2.28 bits per heavy atom. The average molecular weight is 405 g/mol. The molecule has 1 aliphatic heterocycles.